The predicted molar refractivity (Wildman–Crippen MR) is 153 cm³/mol. The molecule has 0 radical (unpaired) electrons. The fourth-order valence-electron chi connectivity index (χ4n) is 4.81. The molecule has 5 rings (SSSR count). The van der Waals surface area contributed by atoms with Crippen LogP contribution in [0.25, 0.3) is 16.6 Å². The van der Waals surface area contributed by atoms with Crippen LogP contribution in [0.1, 0.15) is 45.8 Å². The quantitative estimate of drug-likeness (QED) is 0.258. The Morgan fingerprint density at radius 1 is 0.842 bits per heavy atom. The average Bonchev–Trinajstić information content (AvgIpc) is 2.94. The first-order chi connectivity index (χ1) is 18.4. The van der Waals surface area contributed by atoms with E-state index in [2.05, 4.69) is 12.1 Å². The maximum atomic E-state index is 14.0. The topological polar surface area (TPSA) is 55.2 Å². The molecule has 0 N–H and O–H groups in total. The van der Waals surface area contributed by atoms with Gasteiger partial charge >= 0.3 is 0 Å². The second-order valence-electron chi connectivity index (χ2n) is 9.74. The second kappa shape index (κ2) is 10.9. The van der Waals surface area contributed by atoms with Crippen LogP contribution in [0, 0.1) is 13.8 Å². The summed E-state index contributed by atoms with van der Waals surface area (Å²) in [4.78, 5) is 34.6. The molecule has 1 unspecified atom stereocenters. The van der Waals surface area contributed by atoms with Gasteiger partial charge in [-0.25, -0.2) is 4.98 Å². The van der Waals surface area contributed by atoms with Crippen LogP contribution < -0.4 is 5.56 Å². The maximum absolute atomic E-state index is 14.0. The SMILES string of the molecule is Cc1ccc(C(=O)N(CCc2ccccc2)C(C)c2nc3ccccc3c(=O)n2-c2cccc(C)c2)cc1. The molecule has 4 aromatic carbocycles. The van der Waals surface area contributed by atoms with E-state index in [1.165, 1.54) is 0 Å². The van der Waals surface area contributed by atoms with Gasteiger partial charge in [0.05, 0.1) is 22.6 Å². The van der Waals surface area contributed by atoms with Gasteiger partial charge in [0.25, 0.3) is 11.5 Å². The molecule has 190 valence electrons. The highest BCUT2D eigenvalue weighted by Gasteiger charge is 2.27. The van der Waals surface area contributed by atoms with Gasteiger partial charge in [0.2, 0.25) is 0 Å². The predicted octanol–water partition coefficient (Wildman–Crippen LogP) is 6.45. The summed E-state index contributed by atoms with van der Waals surface area (Å²) in [6.07, 6.45) is 0.686. The fourth-order valence-corrected chi connectivity index (χ4v) is 4.81. The number of nitrogens with zero attached hydrogens (tertiary/aromatic N) is 3. The van der Waals surface area contributed by atoms with E-state index in [9.17, 15) is 9.59 Å². The summed E-state index contributed by atoms with van der Waals surface area (Å²) in [5.74, 6) is 0.444. The Labute approximate surface area is 223 Å². The number of carbonyl (C=O) groups excluding carboxylic acids is 1. The lowest BCUT2D eigenvalue weighted by atomic mass is 10.1. The zero-order chi connectivity index (χ0) is 26.6. The number of carbonyl (C=O) groups is 1. The first-order valence-electron chi connectivity index (χ1n) is 12.9. The summed E-state index contributed by atoms with van der Waals surface area (Å²) in [6, 6.07) is 32.5. The molecule has 0 aliphatic rings. The number of hydrogen-bond donors (Lipinski definition) is 0. The molecule has 38 heavy (non-hydrogen) atoms. The van der Waals surface area contributed by atoms with Gasteiger partial charge in [-0.1, -0.05) is 72.3 Å². The highest BCUT2D eigenvalue weighted by Crippen LogP contribution is 2.25. The minimum atomic E-state index is -0.467. The molecular weight excluding hydrogens is 470 g/mol. The Balaban J connectivity index is 1.65. The molecule has 0 saturated heterocycles. The molecule has 5 nitrogen and oxygen atoms in total. The van der Waals surface area contributed by atoms with Crippen molar-refractivity contribution in [3.05, 3.63) is 142 Å². The molecule has 0 aliphatic heterocycles. The van der Waals surface area contributed by atoms with Gasteiger partial charge in [0.1, 0.15) is 5.82 Å². The van der Waals surface area contributed by atoms with Gasteiger partial charge in [-0.3, -0.25) is 14.2 Å². The van der Waals surface area contributed by atoms with E-state index >= 15 is 0 Å². The van der Waals surface area contributed by atoms with Crippen molar-refractivity contribution in [3.8, 4) is 5.69 Å². The minimum Gasteiger partial charge on any atom is -0.328 e. The Kier molecular flexibility index (Phi) is 7.18. The lowest BCUT2D eigenvalue weighted by Gasteiger charge is -2.31. The van der Waals surface area contributed by atoms with Crippen LogP contribution in [0.4, 0.5) is 0 Å². The highest BCUT2D eigenvalue weighted by molar-refractivity contribution is 5.94. The molecule has 1 amide bonds. The van der Waals surface area contributed by atoms with Crippen molar-refractivity contribution in [3.63, 3.8) is 0 Å². The molecule has 5 heteroatoms. The normalized spacial score (nSPS) is 11.9. The molecule has 0 saturated carbocycles. The second-order valence-corrected chi connectivity index (χ2v) is 9.74. The molecular formula is C33H31N3O2. The standard InChI is InChI=1S/C33H31N3O2/c1-23-16-18-27(19-17-23)32(37)35(21-20-26-11-5-4-6-12-26)25(3)31-34-30-15-8-7-14-29(30)33(38)36(31)28-13-9-10-24(2)22-28/h4-19,22,25H,20-21H2,1-3H3. The summed E-state index contributed by atoms with van der Waals surface area (Å²) < 4.78 is 1.66. The van der Waals surface area contributed by atoms with Gasteiger partial charge in [-0.2, -0.15) is 0 Å². The van der Waals surface area contributed by atoms with E-state index in [-0.39, 0.29) is 11.5 Å². The van der Waals surface area contributed by atoms with Crippen molar-refractivity contribution in [2.75, 3.05) is 6.54 Å². The number of amides is 1. The Morgan fingerprint density at radius 2 is 1.55 bits per heavy atom. The Hall–Kier alpha value is -4.51. The Morgan fingerprint density at radius 3 is 2.29 bits per heavy atom. The fraction of sp³-hybridized carbons (Fsp3) is 0.182. The van der Waals surface area contributed by atoms with Crippen molar-refractivity contribution >= 4 is 16.8 Å². The van der Waals surface area contributed by atoms with Gasteiger partial charge < -0.3 is 4.90 Å². The van der Waals surface area contributed by atoms with Crippen LogP contribution in [-0.4, -0.2) is 26.9 Å². The number of aryl methyl sites for hydroxylation is 2. The van der Waals surface area contributed by atoms with Gasteiger partial charge in [0, 0.05) is 12.1 Å². The lowest BCUT2D eigenvalue weighted by molar-refractivity contribution is 0.0683. The van der Waals surface area contributed by atoms with E-state index in [0.717, 1.165) is 22.4 Å². The molecule has 0 fully saturated rings. The molecule has 0 spiro atoms. The van der Waals surface area contributed by atoms with Crippen LogP contribution in [-0.2, 0) is 6.42 Å². The van der Waals surface area contributed by atoms with Crippen molar-refractivity contribution in [1.82, 2.24) is 14.5 Å². The van der Waals surface area contributed by atoms with Crippen molar-refractivity contribution in [2.24, 2.45) is 0 Å². The van der Waals surface area contributed by atoms with Crippen molar-refractivity contribution in [2.45, 2.75) is 33.2 Å². The minimum absolute atomic E-state index is 0.0911. The van der Waals surface area contributed by atoms with Crippen molar-refractivity contribution in [1.29, 1.82) is 0 Å². The largest absolute Gasteiger partial charge is 0.328 e. The summed E-state index contributed by atoms with van der Waals surface area (Å²) in [7, 11) is 0. The van der Waals surface area contributed by atoms with Crippen LogP contribution >= 0.6 is 0 Å². The van der Waals surface area contributed by atoms with Crippen LogP contribution in [0.3, 0.4) is 0 Å². The first-order valence-corrected chi connectivity index (χ1v) is 12.9. The third-order valence-corrected chi connectivity index (χ3v) is 6.95. The van der Waals surface area contributed by atoms with E-state index in [0.29, 0.717) is 35.3 Å². The first kappa shape index (κ1) is 25.2. The summed E-state index contributed by atoms with van der Waals surface area (Å²) in [5, 5.41) is 0.547. The number of fused-ring (bicyclic) bond motifs is 1. The summed E-state index contributed by atoms with van der Waals surface area (Å²) >= 11 is 0. The smallest absolute Gasteiger partial charge is 0.266 e. The number of benzene rings is 4. The zero-order valence-corrected chi connectivity index (χ0v) is 22.0. The average molecular weight is 502 g/mol. The zero-order valence-electron chi connectivity index (χ0n) is 22.0. The molecule has 5 aromatic rings. The molecule has 0 aliphatic carbocycles. The number of rotatable bonds is 7. The van der Waals surface area contributed by atoms with Crippen molar-refractivity contribution < 1.29 is 4.79 Å². The van der Waals surface area contributed by atoms with E-state index < -0.39 is 6.04 Å². The highest BCUT2D eigenvalue weighted by atomic mass is 16.2. The van der Waals surface area contributed by atoms with Crippen LogP contribution in [0.5, 0.6) is 0 Å². The Bertz CT molecular complexity index is 1640. The van der Waals surface area contributed by atoms with Gasteiger partial charge in [-0.05, 0) is 74.7 Å². The third kappa shape index (κ3) is 5.14. The lowest BCUT2D eigenvalue weighted by Crippen LogP contribution is -2.38. The van der Waals surface area contributed by atoms with Gasteiger partial charge in [-0.15, -0.1) is 0 Å². The monoisotopic (exact) mass is 501 g/mol. The van der Waals surface area contributed by atoms with E-state index in [4.69, 9.17) is 4.98 Å². The molecule has 1 aromatic heterocycles. The maximum Gasteiger partial charge on any atom is 0.266 e. The molecule has 1 atom stereocenters. The molecule has 1 heterocycles. The number of hydrogen-bond acceptors (Lipinski definition) is 3. The van der Waals surface area contributed by atoms with E-state index in [1.54, 1.807) is 10.6 Å². The summed E-state index contributed by atoms with van der Waals surface area (Å²) in [5.41, 5.74) is 5.10. The van der Waals surface area contributed by atoms with Crippen LogP contribution in [0.15, 0.2) is 108 Å². The van der Waals surface area contributed by atoms with Gasteiger partial charge in [0.15, 0.2) is 0 Å². The number of aromatic nitrogens is 2. The number of para-hydroxylation sites is 1. The summed E-state index contributed by atoms with van der Waals surface area (Å²) in [6.45, 7) is 6.44. The molecule has 0 bridgehead atoms. The third-order valence-electron chi connectivity index (χ3n) is 6.95. The van der Waals surface area contributed by atoms with E-state index in [1.807, 2.05) is 111 Å². The van der Waals surface area contributed by atoms with Crippen LogP contribution in [0.2, 0.25) is 0 Å².